The van der Waals surface area contributed by atoms with Gasteiger partial charge < -0.3 is 4.90 Å². The van der Waals surface area contributed by atoms with Gasteiger partial charge in [0.25, 0.3) is 0 Å². The highest BCUT2D eigenvalue weighted by molar-refractivity contribution is 7.25. The minimum Gasteiger partial charge on any atom is -0.310 e. The first kappa shape index (κ1) is 32.4. The maximum Gasteiger partial charge on any atom is 0.0468 e. The summed E-state index contributed by atoms with van der Waals surface area (Å²) in [4.78, 5) is 2.50. The molecule has 6 aliphatic carbocycles. The number of hydrogen-bond donors (Lipinski definition) is 0. The molecular formula is C54H49NS. The van der Waals surface area contributed by atoms with Crippen LogP contribution in [0.1, 0.15) is 88.5 Å². The highest BCUT2D eigenvalue weighted by atomic mass is 32.1. The van der Waals surface area contributed by atoms with Crippen molar-refractivity contribution in [3.8, 4) is 22.3 Å². The Morgan fingerprint density at radius 2 is 1.18 bits per heavy atom. The first-order chi connectivity index (χ1) is 27.2. The zero-order chi connectivity index (χ0) is 37.3. The van der Waals surface area contributed by atoms with Gasteiger partial charge in [-0.3, -0.25) is 0 Å². The Morgan fingerprint density at radius 3 is 2.04 bits per heavy atom. The lowest BCUT2D eigenvalue weighted by Gasteiger charge is -2.76. The van der Waals surface area contributed by atoms with Crippen molar-refractivity contribution in [2.24, 2.45) is 29.1 Å². The highest BCUT2D eigenvalue weighted by Gasteiger charge is 2.84. The first-order valence-electron chi connectivity index (χ1n) is 21.4. The van der Waals surface area contributed by atoms with Gasteiger partial charge in [-0.25, -0.2) is 0 Å². The molecular weight excluding hydrogens is 695 g/mol. The molecule has 276 valence electrons. The van der Waals surface area contributed by atoms with Crippen LogP contribution in [0.25, 0.3) is 42.4 Å². The van der Waals surface area contributed by atoms with E-state index >= 15 is 0 Å². The van der Waals surface area contributed by atoms with Gasteiger partial charge in [0, 0.05) is 42.6 Å². The molecule has 4 fully saturated rings. The molecule has 56 heavy (non-hydrogen) atoms. The molecule has 0 radical (unpaired) electrons. The second-order valence-corrected chi connectivity index (χ2v) is 21.1. The molecule has 13 rings (SSSR count). The average Bonchev–Trinajstić information content (AvgIpc) is 3.94. The van der Waals surface area contributed by atoms with E-state index in [0.29, 0.717) is 5.41 Å². The SMILES string of the molecule is CC1(C)CCC(C)(C)c2cc(N(c3ccc(-c4ccc5c(c4)-c4ccccc4C54C5CC6CC7CC4C75C6)cc3)c3ccc4sc5ccccc5c4c3)ccc21. The van der Waals surface area contributed by atoms with Crippen molar-refractivity contribution in [1.82, 2.24) is 0 Å². The largest absolute Gasteiger partial charge is 0.310 e. The van der Waals surface area contributed by atoms with Gasteiger partial charge in [0.05, 0.1) is 0 Å². The standard InChI is InChI=1S/C54H49NS/c1-51(2)23-24-52(3,4)46-30-38(18-21-45(46)51)55(37-19-22-48-42(29-37)40-10-6-8-12-47(40)56-48)36-16-13-33(14-17-36)34-15-20-44-41(27-34)39-9-5-7-11-43(39)54(44)49-26-32-25-35-28-50(54)53(35,49)31-32/h5-22,27,29-30,32,35,49-50H,23-26,28,31H2,1-4H3. The van der Waals surface area contributed by atoms with Crippen molar-refractivity contribution in [3.63, 3.8) is 0 Å². The van der Waals surface area contributed by atoms with Gasteiger partial charge in [0.15, 0.2) is 0 Å². The summed E-state index contributed by atoms with van der Waals surface area (Å²) in [5, 5.41) is 2.67. The lowest BCUT2D eigenvalue weighted by Crippen LogP contribution is -2.73. The second kappa shape index (κ2) is 10.6. The molecule has 2 bridgehead atoms. The van der Waals surface area contributed by atoms with Gasteiger partial charge in [-0.15, -0.1) is 11.3 Å². The van der Waals surface area contributed by atoms with E-state index in [2.05, 4.69) is 160 Å². The normalized spacial score (nSPS) is 29.1. The van der Waals surface area contributed by atoms with Gasteiger partial charge in [-0.2, -0.15) is 0 Å². The molecule has 0 aliphatic heterocycles. The quantitative estimate of drug-likeness (QED) is 0.174. The molecule has 0 amide bonds. The van der Waals surface area contributed by atoms with Crippen molar-refractivity contribution in [2.45, 2.75) is 82.5 Å². The molecule has 6 aliphatic rings. The highest BCUT2D eigenvalue weighted by Crippen LogP contribution is 2.89. The number of fused-ring (bicyclic) bond motifs is 12. The Balaban J connectivity index is 0.923. The summed E-state index contributed by atoms with van der Waals surface area (Å²) in [6.45, 7) is 9.73. The van der Waals surface area contributed by atoms with Crippen LogP contribution in [0.3, 0.4) is 0 Å². The van der Waals surface area contributed by atoms with E-state index in [1.165, 1.54) is 109 Å². The number of nitrogens with zero attached hydrogens (tertiary/aromatic N) is 1. The molecule has 2 spiro atoms. The van der Waals surface area contributed by atoms with Crippen molar-refractivity contribution in [2.75, 3.05) is 4.90 Å². The Hall–Kier alpha value is -4.66. The number of rotatable bonds is 4. The Kier molecular flexibility index (Phi) is 6.16. The van der Waals surface area contributed by atoms with Crippen molar-refractivity contribution in [1.29, 1.82) is 0 Å². The van der Waals surface area contributed by atoms with Crippen LogP contribution >= 0.6 is 11.3 Å². The Labute approximate surface area is 335 Å². The van der Waals surface area contributed by atoms with Crippen LogP contribution < -0.4 is 4.90 Å². The van der Waals surface area contributed by atoms with Gasteiger partial charge >= 0.3 is 0 Å². The minimum atomic E-state index is 0.131. The molecule has 1 aromatic heterocycles. The number of hydrogen-bond acceptors (Lipinski definition) is 2. The molecule has 0 N–H and O–H groups in total. The summed E-state index contributed by atoms with van der Waals surface area (Å²) in [6, 6.07) is 49.8. The Bertz CT molecular complexity index is 2820. The summed E-state index contributed by atoms with van der Waals surface area (Å²) in [5.41, 5.74) is 16.8. The summed E-state index contributed by atoms with van der Waals surface area (Å²) in [6.07, 6.45) is 8.37. The fraction of sp³-hybridized carbons (Fsp3) is 0.333. The van der Waals surface area contributed by atoms with E-state index in [0.717, 1.165) is 23.7 Å². The van der Waals surface area contributed by atoms with E-state index in [-0.39, 0.29) is 16.2 Å². The first-order valence-corrected chi connectivity index (χ1v) is 22.2. The molecule has 1 heterocycles. The summed E-state index contributed by atoms with van der Waals surface area (Å²) < 4.78 is 2.69. The average molecular weight is 744 g/mol. The van der Waals surface area contributed by atoms with Crippen LogP contribution in [0.2, 0.25) is 0 Å². The monoisotopic (exact) mass is 743 g/mol. The summed E-state index contributed by atoms with van der Waals surface area (Å²) in [7, 11) is 0. The summed E-state index contributed by atoms with van der Waals surface area (Å²) in [5.74, 6) is 3.70. The Morgan fingerprint density at radius 1 is 0.518 bits per heavy atom. The molecule has 2 heteroatoms. The fourth-order valence-electron chi connectivity index (χ4n) is 14.3. The van der Waals surface area contributed by atoms with Crippen LogP contribution in [-0.4, -0.2) is 0 Å². The van der Waals surface area contributed by atoms with Crippen LogP contribution in [0.15, 0.2) is 127 Å². The molecule has 4 saturated carbocycles. The smallest absolute Gasteiger partial charge is 0.0468 e. The van der Waals surface area contributed by atoms with Crippen LogP contribution in [0.4, 0.5) is 17.1 Å². The molecule has 6 unspecified atom stereocenters. The van der Waals surface area contributed by atoms with Crippen molar-refractivity contribution < 1.29 is 0 Å². The minimum absolute atomic E-state index is 0.131. The van der Waals surface area contributed by atoms with Crippen molar-refractivity contribution in [3.05, 3.63) is 150 Å². The number of anilines is 3. The molecule has 6 aromatic carbocycles. The topological polar surface area (TPSA) is 3.24 Å². The predicted octanol–water partition coefficient (Wildman–Crippen LogP) is 14.9. The van der Waals surface area contributed by atoms with E-state index < -0.39 is 0 Å². The van der Waals surface area contributed by atoms with Crippen molar-refractivity contribution >= 4 is 48.6 Å². The lowest BCUT2D eigenvalue weighted by atomic mass is 9.27. The number of thiophene rings is 1. The third-order valence-electron chi connectivity index (χ3n) is 16.8. The third kappa shape index (κ3) is 3.88. The van der Waals surface area contributed by atoms with E-state index in [9.17, 15) is 0 Å². The third-order valence-corrected chi connectivity index (χ3v) is 18.0. The van der Waals surface area contributed by atoms with E-state index in [1.807, 2.05) is 11.3 Å². The van der Waals surface area contributed by atoms with E-state index in [4.69, 9.17) is 0 Å². The van der Waals surface area contributed by atoms with Crippen LogP contribution in [-0.2, 0) is 16.2 Å². The maximum absolute atomic E-state index is 2.56. The zero-order valence-corrected chi connectivity index (χ0v) is 33.8. The maximum atomic E-state index is 2.56. The molecule has 0 saturated heterocycles. The fourth-order valence-corrected chi connectivity index (χ4v) is 15.4. The second-order valence-electron chi connectivity index (χ2n) is 20.0. The molecule has 1 nitrogen and oxygen atoms in total. The number of benzene rings is 6. The lowest BCUT2D eigenvalue weighted by molar-refractivity contribution is -0.231. The predicted molar refractivity (Wildman–Crippen MR) is 236 cm³/mol. The van der Waals surface area contributed by atoms with E-state index in [1.54, 1.807) is 11.1 Å². The van der Waals surface area contributed by atoms with Gasteiger partial charge in [0.2, 0.25) is 0 Å². The van der Waals surface area contributed by atoms with Gasteiger partial charge in [-0.1, -0.05) is 100 Å². The van der Waals surface area contributed by atoms with Gasteiger partial charge in [-0.05, 0) is 178 Å². The van der Waals surface area contributed by atoms with Gasteiger partial charge in [0.1, 0.15) is 0 Å². The van der Waals surface area contributed by atoms with Crippen LogP contribution in [0, 0.1) is 29.1 Å². The summed E-state index contributed by atoms with van der Waals surface area (Å²) >= 11 is 1.89. The zero-order valence-electron chi connectivity index (χ0n) is 33.0. The van der Waals surface area contributed by atoms with Crippen LogP contribution in [0.5, 0.6) is 0 Å². The molecule has 7 aromatic rings. The molecule has 6 atom stereocenters.